The van der Waals surface area contributed by atoms with E-state index in [4.69, 9.17) is 5.11 Å². The molecule has 0 bridgehead atoms. The molecule has 1 aromatic rings. The Hall–Kier alpha value is -2.31. The Morgan fingerprint density at radius 1 is 1.18 bits per heavy atom. The summed E-state index contributed by atoms with van der Waals surface area (Å²) in [5, 5.41) is 8.38. The second kappa shape index (κ2) is 4.56. The van der Waals surface area contributed by atoms with E-state index in [1.54, 1.807) is 30.3 Å². The first-order valence-electron chi connectivity index (χ1n) is 2.59. The molecule has 0 fully saturated rings. The molecule has 0 aromatic heterocycles. The molecule has 0 aliphatic rings. The average Bonchev–Trinajstić information content (AvgIpc) is 1.90. The fourth-order valence-corrected chi connectivity index (χ4v) is 0.581. The van der Waals surface area contributed by atoms with Crippen molar-refractivity contribution in [2.75, 3.05) is 0 Å². The summed E-state index contributed by atoms with van der Waals surface area (Å²) in [6.07, 6.45) is 0. The van der Waals surface area contributed by atoms with Crippen LogP contribution in [0, 0.1) is 7.43 Å². The zero-order chi connectivity index (χ0) is 6.69. The number of carbonyl (C=O) groups is 1. The molecule has 0 unspecified atom stereocenters. The Morgan fingerprint density at radius 3 is 1.91 bits per heavy atom. The van der Waals surface area contributed by atoms with Crippen molar-refractivity contribution in [1.29, 1.82) is 0 Å². The van der Waals surface area contributed by atoms with Crippen molar-refractivity contribution in [1.82, 2.24) is 0 Å². The fraction of sp³-hybridized carbons (Fsp3) is 0. The van der Waals surface area contributed by atoms with Crippen molar-refractivity contribution in [3.05, 3.63) is 43.3 Å². The SMILES string of the molecule is O=C(O)c1ccccc1.[CH3-].[Rf]. The third-order valence-electron chi connectivity index (χ3n) is 1.02. The maximum atomic E-state index is 10.2. The predicted molar refractivity (Wildman–Crippen MR) is 39.8 cm³/mol. The van der Waals surface area contributed by atoms with Gasteiger partial charge in [-0.3, -0.25) is 0 Å². The van der Waals surface area contributed by atoms with Crippen molar-refractivity contribution >= 4 is 5.97 Å². The molecule has 1 rings (SSSR count). The van der Waals surface area contributed by atoms with Gasteiger partial charge in [0.15, 0.2) is 0 Å². The van der Waals surface area contributed by atoms with E-state index in [1.807, 2.05) is 0 Å². The summed E-state index contributed by atoms with van der Waals surface area (Å²) in [5.74, 6) is -0.879. The largest absolute Gasteiger partial charge is 0.478 e. The van der Waals surface area contributed by atoms with Crippen LogP contribution in [-0.2, 0) is 0 Å². The molecule has 0 atom stereocenters. The summed E-state index contributed by atoms with van der Waals surface area (Å²) >= 11 is 0. The Morgan fingerprint density at radius 2 is 1.64 bits per heavy atom. The number of benzene rings is 1. The van der Waals surface area contributed by atoms with E-state index in [1.165, 1.54) is 0 Å². The summed E-state index contributed by atoms with van der Waals surface area (Å²) in [7, 11) is 0. The second-order valence-electron chi connectivity index (χ2n) is 1.67. The first kappa shape index (κ1) is 11.5. The second-order valence-corrected chi connectivity index (χ2v) is 1.67. The average molecular weight is 404 g/mol. The van der Waals surface area contributed by atoms with Crippen LogP contribution in [0.4, 0.5) is 0 Å². The van der Waals surface area contributed by atoms with E-state index in [2.05, 4.69) is 0 Å². The van der Waals surface area contributed by atoms with Gasteiger partial charge in [-0.05, 0) is 12.1 Å². The maximum Gasteiger partial charge on any atom is 0.335 e. The van der Waals surface area contributed by atoms with Crippen molar-refractivity contribution in [2.45, 2.75) is 0 Å². The molecule has 0 heterocycles. The van der Waals surface area contributed by atoms with Gasteiger partial charge in [-0.2, -0.15) is 0 Å². The van der Waals surface area contributed by atoms with E-state index in [0.717, 1.165) is 0 Å². The van der Waals surface area contributed by atoms with Crippen LogP contribution in [0.15, 0.2) is 30.3 Å². The van der Waals surface area contributed by atoms with Crippen molar-refractivity contribution < 1.29 is 9.90 Å². The number of carboxylic acid groups (broad SMARTS) is 1. The Kier molecular flexibility index (Phi) is 4.76. The fourth-order valence-electron chi connectivity index (χ4n) is 0.581. The smallest absolute Gasteiger partial charge is 0.335 e. The Labute approximate surface area is 60.1 Å². The zero-order valence-corrected chi connectivity index (χ0v) is 12.8. The number of carboxylic acids is 1. The molecular formula is C8H9O2Rf-. The summed E-state index contributed by atoms with van der Waals surface area (Å²) in [6.45, 7) is 0. The van der Waals surface area contributed by atoms with E-state index in [-0.39, 0.29) is 7.43 Å². The molecule has 0 aliphatic heterocycles. The van der Waals surface area contributed by atoms with Crippen molar-refractivity contribution in [2.24, 2.45) is 0 Å². The number of hydrogen-bond acceptors (Lipinski definition) is 1. The number of rotatable bonds is 1. The van der Waals surface area contributed by atoms with Crippen LogP contribution >= 0.6 is 0 Å². The quantitative estimate of drug-likeness (QED) is 0.726. The van der Waals surface area contributed by atoms with Gasteiger partial charge >= 0.3 is 5.97 Å². The van der Waals surface area contributed by atoms with Gasteiger partial charge in [0.05, 0.1) is 5.56 Å². The summed E-state index contributed by atoms with van der Waals surface area (Å²) < 4.78 is 0. The van der Waals surface area contributed by atoms with Crippen LogP contribution in [0.3, 0.4) is 0 Å². The molecule has 2 nitrogen and oxygen atoms in total. The van der Waals surface area contributed by atoms with E-state index in [0.29, 0.717) is 5.56 Å². The minimum absolute atomic E-state index is 0. The van der Waals surface area contributed by atoms with Gasteiger partial charge in [0.25, 0.3) is 0 Å². The first-order chi connectivity index (χ1) is 4.30. The van der Waals surface area contributed by atoms with E-state index in [9.17, 15) is 4.79 Å². The van der Waals surface area contributed by atoms with Gasteiger partial charge in [-0.15, -0.1) is 0 Å². The molecule has 0 aliphatic carbocycles. The van der Waals surface area contributed by atoms with Gasteiger partial charge in [0.1, 0.15) is 0 Å². The third-order valence-corrected chi connectivity index (χ3v) is 1.02. The molecule has 3 heteroatoms. The van der Waals surface area contributed by atoms with Crippen LogP contribution in [0.1, 0.15) is 10.4 Å². The summed E-state index contributed by atoms with van der Waals surface area (Å²) in [5.41, 5.74) is 0.331. The molecule has 11 heavy (non-hydrogen) atoms. The predicted octanol–water partition coefficient (Wildman–Crippen LogP) is 1.84. The van der Waals surface area contributed by atoms with Crippen LogP contribution in [0.25, 0.3) is 0 Å². The van der Waals surface area contributed by atoms with Crippen LogP contribution in [-0.4, -0.2) is 11.1 Å². The standard InChI is InChI=1S/C7H6O2.CH3.Rf/c8-7(9)6-4-2-1-3-5-6;;/h1-5H,(H,8,9);1H3;/q;-1;. The Balaban J connectivity index is 0. The van der Waals surface area contributed by atoms with Crippen molar-refractivity contribution in [3.8, 4) is 0 Å². The van der Waals surface area contributed by atoms with E-state index >= 15 is 0 Å². The van der Waals surface area contributed by atoms with E-state index < -0.39 is 5.97 Å². The molecule has 56 valence electrons. The van der Waals surface area contributed by atoms with Crippen molar-refractivity contribution in [3.63, 3.8) is 0 Å². The number of hydrogen-bond donors (Lipinski definition) is 1. The molecular weight excluding hydrogens is 395 g/mol. The summed E-state index contributed by atoms with van der Waals surface area (Å²) in [6, 6.07) is 8.30. The van der Waals surface area contributed by atoms with Crippen LogP contribution < -0.4 is 0 Å². The van der Waals surface area contributed by atoms with Gasteiger partial charge in [0, 0.05) is 0 Å². The first-order valence-corrected chi connectivity index (χ1v) is 2.59. The number of aromatic carboxylic acids is 1. The third kappa shape index (κ3) is 2.65. The minimum Gasteiger partial charge on any atom is -0.478 e. The van der Waals surface area contributed by atoms with Gasteiger partial charge in [-0.25, -0.2) is 4.79 Å². The van der Waals surface area contributed by atoms with Gasteiger partial charge in [0.2, 0.25) is 0 Å². The van der Waals surface area contributed by atoms with Gasteiger partial charge in [-0.1, -0.05) is 18.2 Å². The molecule has 0 radical (unpaired) electrons. The Bertz CT molecular complexity index is 209. The molecule has 0 saturated heterocycles. The normalized spacial score (nSPS) is 7.27. The minimum atomic E-state index is -0.879. The molecule has 1 aromatic carbocycles. The molecule has 0 spiro atoms. The molecule has 0 amide bonds. The maximum absolute atomic E-state index is 10.2. The monoisotopic (exact) mass is 404 g/mol. The molecule has 1 N–H and O–H groups in total. The summed E-state index contributed by atoms with van der Waals surface area (Å²) in [4.78, 5) is 10.2. The molecule has 0 saturated carbocycles. The van der Waals surface area contributed by atoms with Gasteiger partial charge < -0.3 is 12.5 Å². The van der Waals surface area contributed by atoms with Crippen LogP contribution in [0.5, 0.6) is 0 Å². The zero-order valence-electron chi connectivity index (χ0n) is 6.45. The van der Waals surface area contributed by atoms with Crippen LogP contribution in [0.2, 0.25) is 0 Å². The topological polar surface area (TPSA) is 37.3 Å².